The van der Waals surface area contributed by atoms with Crippen LogP contribution < -0.4 is 15.4 Å². The number of nitrogens with one attached hydrogen (secondary N) is 3. The van der Waals surface area contributed by atoms with Crippen molar-refractivity contribution in [3.63, 3.8) is 0 Å². The third-order valence-electron chi connectivity index (χ3n) is 5.14. The first kappa shape index (κ1) is 18.2. The maximum atomic E-state index is 12.5. The van der Waals surface area contributed by atoms with E-state index in [1.807, 2.05) is 19.1 Å². The molecule has 0 saturated carbocycles. The molecule has 1 amide bonds. The molecule has 0 aliphatic carbocycles. The Labute approximate surface area is 149 Å². The van der Waals surface area contributed by atoms with Gasteiger partial charge in [0.2, 0.25) is 15.9 Å². The van der Waals surface area contributed by atoms with Crippen LogP contribution in [-0.4, -0.2) is 32.7 Å². The zero-order valence-corrected chi connectivity index (χ0v) is 15.6. The van der Waals surface area contributed by atoms with Gasteiger partial charge in [0.05, 0.1) is 18.0 Å². The highest BCUT2D eigenvalue weighted by atomic mass is 32.2. The minimum Gasteiger partial charge on any atom is -0.349 e. The molecule has 25 heavy (non-hydrogen) atoms. The lowest BCUT2D eigenvalue weighted by Crippen LogP contribution is -2.40. The summed E-state index contributed by atoms with van der Waals surface area (Å²) < 4.78 is 25.6. The number of hydrogen-bond acceptors (Lipinski definition) is 4. The van der Waals surface area contributed by atoms with E-state index in [9.17, 15) is 13.2 Å². The zero-order chi connectivity index (χ0) is 18.0. The Morgan fingerprint density at radius 1 is 1.24 bits per heavy atom. The van der Waals surface area contributed by atoms with E-state index in [0.717, 1.165) is 24.7 Å². The number of amides is 1. The molecule has 1 aromatic rings. The van der Waals surface area contributed by atoms with Crippen LogP contribution in [-0.2, 0) is 14.8 Å². The van der Waals surface area contributed by atoms with Crippen LogP contribution in [0.4, 0.5) is 5.69 Å². The quantitative estimate of drug-likeness (QED) is 0.721. The lowest BCUT2D eigenvalue weighted by molar-refractivity contribution is -0.122. The Kier molecular flexibility index (Phi) is 5.34. The fraction of sp³-hybridized carbons (Fsp3) is 0.611. The summed E-state index contributed by atoms with van der Waals surface area (Å²) in [6, 6.07) is 8.07. The number of rotatable bonds is 6. The molecule has 138 valence electrons. The van der Waals surface area contributed by atoms with Crippen LogP contribution in [0.15, 0.2) is 24.3 Å². The molecule has 0 radical (unpaired) electrons. The van der Waals surface area contributed by atoms with E-state index >= 15 is 0 Å². The van der Waals surface area contributed by atoms with Gasteiger partial charge in [-0.25, -0.2) is 8.42 Å². The van der Waals surface area contributed by atoms with Crippen LogP contribution in [0.2, 0.25) is 0 Å². The second kappa shape index (κ2) is 7.33. The smallest absolute Gasteiger partial charge is 0.229 e. The van der Waals surface area contributed by atoms with Gasteiger partial charge in [-0.2, -0.15) is 0 Å². The van der Waals surface area contributed by atoms with Crippen molar-refractivity contribution in [2.75, 3.05) is 11.0 Å². The SMILES string of the molecule is CC(NC(=O)CC1CC2CCC(C1)N2)c1ccccc1NS(C)(=O)=O. The number of piperidine rings is 1. The molecule has 2 bridgehead atoms. The van der Waals surface area contributed by atoms with E-state index in [4.69, 9.17) is 0 Å². The molecule has 0 spiro atoms. The number of fused-ring (bicyclic) bond motifs is 2. The van der Waals surface area contributed by atoms with Crippen molar-refractivity contribution in [2.24, 2.45) is 5.92 Å². The molecule has 6 nitrogen and oxygen atoms in total. The molecule has 2 saturated heterocycles. The predicted molar refractivity (Wildman–Crippen MR) is 98.8 cm³/mol. The summed E-state index contributed by atoms with van der Waals surface area (Å²) in [6.07, 6.45) is 6.27. The number of para-hydroxylation sites is 1. The Balaban J connectivity index is 1.60. The van der Waals surface area contributed by atoms with Crippen molar-refractivity contribution >= 4 is 21.6 Å². The molecule has 2 aliphatic heterocycles. The second-order valence-corrected chi connectivity index (χ2v) is 9.18. The number of anilines is 1. The second-order valence-electron chi connectivity index (χ2n) is 7.43. The lowest BCUT2D eigenvalue weighted by atomic mass is 9.89. The van der Waals surface area contributed by atoms with Crippen LogP contribution in [0.3, 0.4) is 0 Å². The predicted octanol–water partition coefficient (Wildman–Crippen LogP) is 2.16. The molecule has 3 rings (SSSR count). The van der Waals surface area contributed by atoms with Gasteiger partial charge in [0.15, 0.2) is 0 Å². The van der Waals surface area contributed by atoms with Crippen LogP contribution in [0.25, 0.3) is 0 Å². The number of sulfonamides is 1. The molecule has 3 N–H and O–H groups in total. The largest absolute Gasteiger partial charge is 0.349 e. The van der Waals surface area contributed by atoms with Gasteiger partial charge in [-0.1, -0.05) is 18.2 Å². The van der Waals surface area contributed by atoms with Gasteiger partial charge in [0, 0.05) is 18.5 Å². The van der Waals surface area contributed by atoms with E-state index < -0.39 is 10.0 Å². The highest BCUT2D eigenvalue weighted by molar-refractivity contribution is 7.92. The number of benzene rings is 1. The third kappa shape index (κ3) is 4.95. The molecule has 2 heterocycles. The topological polar surface area (TPSA) is 87.3 Å². The minimum atomic E-state index is -3.36. The summed E-state index contributed by atoms with van der Waals surface area (Å²) in [4.78, 5) is 12.5. The molecule has 2 aliphatic rings. The van der Waals surface area contributed by atoms with Crippen LogP contribution >= 0.6 is 0 Å². The molecule has 7 heteroatoms. The average Bonchev–Trinajstić information content (AvgIpc) is 2.84. The monoisotopic (exact) mass is 365 g/mol. The summed E-state index contributed by atoms with van der Waals surface area (Å²) >= 11 is 0. The van der Waals surface area contributed by atoms with E-state index in [2.05, 4.69) is 15.4 Å². The third-order valence-corrected chi connectivity index (χ3v) is 5.74. The fourth-order valence-electron chi connectivity index (χ4n) is 4.15. The zero-order valence-electron chi connectivity index (χ0n) is 14.8. The number of carbonyl (C=O) groups excluding carboxylic acids is 1. The number of hydrogen-bond donors (Lipinski definition) is 3. The average molecular weight is 365 g/mol. The molecular formula is C18H27N3O3S. The van der Waals surface area contributed by atoms with E-state index in [1.165, 1.54) is 12.8 Å². The maximum absolute atomic E-state index is 12.5. The van der Waals surface area contributed by atoms with E-state index in [0.29, 0.717) is 30.1 Å². The first-order valence-electron chi connectivity index (χ1n) is 8.92. The Morgan fingerprint density at radius 3 is 2.52 bits per heavy atom. The summed E-state index contributed by atoms with van der Waals surface area (Å²) in [5, 5.41) is 6.62. The molecule has 2 fully saturated rings. The summed E-state index contributed by atoms with van der Waals surface area (Å²) in [5.41, 5.74) is 1.28. The van der Waals surface area contributed by atoms with Gasteiger partial charge in [-0.05, 0) is 50.2 Å². The van der Waals surface area contributed by atoms with Gasteiger partial charge in [-0.3, -0.25) is 9.52 Å². The minimum absolute atomic E-state index is 0.0351. The standard InChI is InChI=1S/C18H27N3O3S/c1-12(16-5-3-4-6-17(16)21-25(2,23)24)19-18(22)11-13-9-14-7-8-15(10-13)20-14/h3-6,12-15,20-21H,7-11H2,1-2H3,(H,19,22). The van der Waals surface area contributed by atoms with Gasteiger partial charge in [-0.15, -0.1) is 0 Å². The molecule has 0 aromatic heterocycles. The summed E-state index contributed by atoms with van der Waals surface area (Å²) in [7, 11) is -3.36. The van der Waals surface area contributed by atoms with Gasteiger partial charge >= 0.3 is 0 Å². The van der Waals surface area contributed by atoms with Crippen molar-refractivity contribution in [2.45, 2.75) is 57.2 Å². The molecule has 3 atom stereocenters. The van der Waals surface area contributed by atoms with Crippen molar-refractivity contribution in [3.8, 4) is 0 Å². The fourth-order valence-corrected chi connectivity index (χ4v) is 4.73. The van der Waals surface area contributed by atoms with Crippen molar-refractivity contribution in [1.82, 2.24) is 10.6 Å². The lowest BCUT2D eigenvalue weighted by Gasteiger charge is -2.29. The van der Waals surface area contributed by atoms with E-state index in [1.54, 1.807) is 12.1 Å². The highest BCUT2D eigenvalue weighted by Gasteiger charge is 2.34. The van der Waals surface area contributed by atoms with E-state index in [-0.39, 0.29) is 11.9 Å². The van der Waals surface area contributed by atoms with Crippen molar-refractivity contribution in [1.29, 1.82) is 0 Å². The summed E-state index contributed by atoms with van der Waals surface area (Å²) in [5.74, 6) is 0.475. The normalized spacial score (nSPS) is 26.9. The first-order valence-corrected chi connectivity index (χ1v) is 10.8. The van der Waals surface area contributed by atoms with Crippen LogP contribution in [0, 0.1) is 5.92 Å². The first-order chi connectivity index (χ1) is 11.8. The highest BCUT2D eigenvalue weighted by Crippen LogP contribution is 2.33. The van der Waals surface area contributed by atoms with Gasteiger partial charge in [0.25, 0.3) is 0 Å². The van der Waals surface area contributed by atoms with Crippen molar-refractivity contribution in [3.05, 3.63) is 29.8 Å². The molecular weight excluding hydrogens is 338 g/mol. The number of carbonyl (C=O) groups is 1. The Bertz CT molecular complexity index is 723. The van der Waals surface area contributed by atoms with Crippen LogP contribution in [0.1, 0.15) is 50.6 Å². The van der Waals surface area contributed by atoms with Gasteiger partial charge in [0.1, 0.15) is 0 Å². The molecule has 3 unspecified atom stereocenters. The van der Waals surface area contributed by atoms with Gasteiger partial charge < -0.3 is 10.6 Å². The Morgan fingerprint density at radius 2 is 1.88 bits per heavy atom. The van der Waals surface area contributed by atoms with Crippen molar-refractivity contribution < 1.29 is 13.2 Å². The molecule has 1 aromatic carbocycles. The maximum Gasteiger partial charge on any atom is 0.229 e. The Hall–Kier alpha value is -1.60. The summed E-state index contributed by atoms with van der Waals surface area (Å²) in [6.45, 7) is 1.88. The van der Waals surface area contributed by atoms with Crippen LogP contribution in [0.5, 0.6) is 0 Å².